The van der Waals surface area contributed by atoms with Crippen molar-refractivity contribution in [3.8, 4) is 5.75 Å². The quantitative estimate of drug-likeness (QED) is 0.185. The van der Waals surface area contributed by atoms with Gasteiger partial charge in [0.25, 0.3) is 0 Å². The second-order valence-electron chi connectivity index (χ2n) is 9.68. The maximum Gasteiger partial charge on any atom is 0.323 e. The van der Waals surface area contributed by atoms with Gasteiger partial charge in [0.05, 0.1) is 29.9 Å². The number of carboxylic acid groups (broad SMARTS) is 1. The standard InChI is InChI=1S/C27H40N2O6S.2H3N/c1-5-7-13-27(6-2)17-36(33,34)23-14-20(16-28-24(18(3)30)26(31)32)22(35-4)15-21(23)25(29-27)19-11-9-8-10-12-19;;/h8-12,14-15,18,24-25,28-30,33-34H,5-7,13,16-17H2,1-4H3,(H,31,32);2*1H3/t18?,24-,25+,27+;;/m0../s1. The Morgan fingerprint density at radius 3 is 2.39 bits per heavy atom. The minimum absolute atomic E-state index is 0. The Bertz CT molecular complexity index is 1040. The summed E-state index contributed by atoms with van der Waals surface area (Å²) in [6.45, 7) is 5.69. The zero-order valence-electron chi connectivity index (χ0n) is 22.9. The van der Waals surface area contributed by atoms with E-state index in [1.165, 1.54) is 14.0 Å². The molecule has 0 aliphatic carbocycles. The van der Waals surface area contributed by atoms with E-state index in [2.05, 4.69) is 24.5 Å². The lowest BCUT2D eigenvalue weighted by Gasteiger charge is -2.42. The van der Waals surface area contributed by atoms with Crippen LogP contribution in [0.25, 0.3) is 0 Å². The second-order valence-corrected chi connectivity index (χ2v) is 11.7. The molecule has 1 unspecified atom stereocenters. The Hall–Kier alpha value is -2.22. The number of ether oxygens (including phenoxy) is 1. The van der Waals surface area contributed by atoms with Crippen LogP contribution < -0.4 is 27.7 Å². The highest BCUT2D eigenvalue weighted by Gasteiger charge is 2.42. The topological polar surface area (TPSA) is 201 Å². The number of methoxy groups -OCH3 is 1. The number of rotatable bonds is 11. The Balaban J connectivity index is 0.00000361. The van der Waals surface area contributed by atoms with Crippen LogP contribution >= 0.6 is 10.6 Å². The minimum Gasteiger partial charge on any atom is -0.496 e. The number of carboxylic acids is 1. The van der Waals surface area contributed by atoms with E-state index in [1.54, 1.807) is 6.07 Å². The van der Waals surface area contributed by atoms with Crippen molar-refractivity contribution in [2.24, 2.45) is 0 Å². The zero-order chi connectivity index (χ0) is 26.5. The smallest absolute Gasteiger partial charge is 0.323 e. The molecule has 0 amide bonds. The number of fused-ring (bicyclic) bond motifs is 1. The first-order valence-electron chi connectivity index (χ1n) is 12.5. The predicted molar refractivity (Wildman–Crippen MR) is 153 cm³/mol. The van der Waals surface area contributed by atoms with Gasteiger partial charge in [0.1, 0.15) is 11.8 Å². The van der Waals surface area contributed by atoms with Crippen LogP contribution in [-0.2, 0) is 11.3 Å². The zero-order valence-corrected chi connectivity index (χ0v) is 23.8. The number of aliphatic carboxylic acids is 1. The third-order valence-electron chi connectivity index (χ3n) is 7.08. The van der Waals surface area contributed by atoms with Crippen molar-refractivity contribution in [2.45, 2.75) is 81.6 Å². The molecule has 0 saturated heterocycles. The average Bonchev–Trinajstić information content (AvgIpc) is 2.94. The fraction of sp³-hybridized carbons (Fsp3) is 0.519. The molecule has 3 rings (SSSR count). The molecule has 0 saturated carbocycles. The third kappa shape index (κ3) is 7.45. The summed E-state index contributed by atoms with van der Waals surface area (Å²) >= 11 is 0. The van der Waals surface area contributed by atoms with E-state index in [4.69, 9.17) is 4.74 Å². The average molecular weight is 555 g/mol. The highest BCUT2D eigenvalue weighted by atomic mass is 32.3. The Morgan fingerprint density at radius 2 is 1.87 bits per heavy atom. The number of hydrogen-bond acceptors (Lipinski definition) is 9. The SMILES string of the molecule is CCCC[C@]1(CC)CS(O)(O)c2cc(CN[C@H](C(=O)O)C(C)O)c(OC)cc2[C@@H](c2ccccc2)N1.N.N. The fourth-order valence-corrected chi connectivity index (χ4v) is 7.22. The Kier molecular flexibility index (Phi) is 12.7. The Labute approximate surface area is 227 Å². The van der Waals surface area contributed by atoms with Gasteiger partial charge in [-0.2, -0.15) is 10.6 Å². The van der Waals surface area contributed by atoms with Gasteiger partial charge >= 0.3 is 5.97 Å². The van der Waals surface area contributed by atoms with Gasteiger partial charge in [-0.3, -0.25) is 24.5 Å². The third-order valence-corrected chi connectivity index (χ3v) is 9.10. The van der Waals surface area contributed by atoms with Crippen LogP contribution in [-0.4, -0.2) is 55.8 Å². The van der Waals surface area contributed by atoms with E-state index >= 15 is 0 Å². The number of nitrogens with one attached hydrogen (secondary N) is 2. The molecule has 0 fully saturated rings. The summed E-state index contributed by atoms with van der Waals surface area (Å²) in [6.07, 6.45) is 2.41. The van der Waals surface area contributed by atoms with E-state index in [9.17, 15) is 24.1 Å². The summed E-state index contributed by atoms with van der Waals surface area (Å²) in [4.78, 5) is 12.0. The Morgan fingerprint density at radius 1 is 1.21 bits per heavy atom. The van der Waals surface area contributed by atoms with Crippen LogP contribution in [0.4, 0.5) is 0 Å². The highest BCUT2D eigenvalue weighted by Crippen LogP contribution is 2.58. The maximum absolute atomic E-state index is 11.6. The summed E-state index contributed by atoms with van der Waals surface area (Å²) in [6, 6.07) is 12.0. The van der Waals surface area contributed by atoms with E-state index in [0.717, 1.165) is 36.8 Å². The van der Waals surface area contributed by atoms with Crippen LogP contribution in [0, 0.1) is 0 Å². The monoisotopic (exact) mass is 554 g/mol. The molecule has 1 aliphatic heterocycles. The van der Waals surface area contributed by atoms with E-state index in [1.807, 2.05) is 36.4 Å². The molecule has 2 aromatic carbocycles. The molecule has 12 N–H and O–H groups in total. The normalized spacial score (nSPS) is 22.4. The highest BCUT2D eigenvalue weighted by molar-refractivity contribution is 8.24. The van der Waals surface area contributed by atoms with E-state index in [0.29, 0.717) is 16.2 Å². The molecule has 216 valence electrons. The molecule has 0 bridgehead atoms. The molecule has 1 aliphatic rings. The first kappa shape index (κ1) is 33.8. The van der Waals surface area contributed by atoms with E-state index < -0.39 is 34.2 Å². The summed E-state index contributed by atoms with van der Waals surface area (Å²) in [7, 11) is -1.67. The van der Waals surface area contributed by atoms with Gasteiger partial charge in [0, 0.05) is 23.2 Å². The van der Waals surface area contributed by atoms with Crippen LogP contribution in [0.5, 0.6) is 5.75 Å². The number of carbonyl (C=O) groups is 1. The van der Waals surface area contributed by atoms with Gasteiger partial charge < -0.3 is 27.3 Å². The van der Waals surface area contributed by atoms with Gasteiger partial charge in [0.15, 0.2) is 0 Å². The van der Waals surface area contributed by atoms with Gasteiger partial charge in [-0.15, -0.1) is 0 Å². The van der Waals surface area contributed by atoms with Crippen LogP contribution in [0.15, 0.2) is 47.4 Å². The second kappa shape index (κ2) is 14.2. The number of hydrogen-bond donors (Lipinski definition) is 8. The number of benzene rings is 2. The molecule has 0 radical (unpaired) electrons. The van der Waals surface area contributed by atoms with Crippen molar-refractivity contribution in [1.29, 1.82) is 0 Å². The van der Waals surface area contributed by atoms with Crippen LogP contribution in [0.2, 0.25) is 0 Å². The summed E-state index contributed by atoms with van der Waals surface area (Å²) in [5.74, 6) is -0.469. The molecule has 2 aromatic rings. The van der Waals surface area contributed by atoms with Crippen LogP contribution in [0.1, 0.15) is 69.2 Å². The lowest BCUT2D eigenvalue weighted by atomic mass is 9.88. The summed E-state index contributed by atoms with van der Waals surface area (Å²) in [5, 5.41) is 26.0. The molecule has 1 heterocycles. The fourth-order valence-electron chi connectivity index (χ4n) is 4.98. The van der Waals surface area contributed by atoms with Crippen molar-refractivity contribution >= 4 is 16.6 Å². The molecule has 38 heavy (non-hydrogen) atoms. The first-order valence-corrected chi connectivity index (χ1v) is 14.2. The number of aliphatic hydroxyl groups excluding tert-OH is 1. The molecular formula is C27H46N4O6S. The summed E-state index contributed by atoms with van der Waals surface area (Å²) in [5.41, 5.74) is 1.87. The van der Waals surface area contributed by atoms with Gasteiger partial charge in [0.2, 0.25) is 0 Å². The van der Waals surface area contributed by atoms with Gasteiger partial charge in [-0.1, -0.05) is 57.0 Å². The largest absolute Gasteiger partial charge is 0.496 e. The molecule has 0 aromatic heterocycles. The van der Waals surface area contributed by atoms with Crippen molar-refractivity contribution < 1.29 is 28.8 Å². The lowest BCUT2D eigenvalue weighted by molar-refractivity contribution is -0.142. The molecular weight excluding hydrogens is 508 g/mol. The van der Waals surface area contributed by atoms with Crippen molar-refractivity contribution in [3.05, 3.63) is 59.2 Å². The van der Waals surface area contributed by atoms with Crippen molar-refractivity contribution in [1.82, 2.24) is 22.9 Å². The predicted octanol–water partition coefficient (Wildman–Crippen LogP) is 5.08. The summed E-state index contributed by atoms with van der Waals surface area (Å²) < 4.78 is 28.8. The maximum atomic E-state index is 11.6. The van der Waals surface area contributed by atoms with Gasteiger partial charge in [-0.25, -0.2) is 0 Å². The van der Waals surface area contributed by atoms with Gasteiger partial charge in [-0.05, 0) is 37.5 Å². The molecule has 4 atom stereocenters. The molecule has 0 spiro atoms. The van der Waals surface area contributed by atoms with Crippen molar-refractivity contribution in [2.75, 3.05) is 12.9 Å². The number of unbranched alkanes of at least 4 members (excludes halogenated alkanes) is 1. The van der Waals surface area contributed by atoms with E-state index in [-0.39, 0.29) is 30.6 Å². The molecule has 10 nitrogen and oxygen atoms in total. The minimum atomic E-state index is -3.20. The molecule has 11 heteroatoms. The number of aliphatic hydroxyl groups is 1. The first-order chi connectivity index (χ1) is 17.1. The lowest BCUT2D eigenvalue weighted by Crippen LogP contribution is -2.49. The van der Waals surface area contributed by atoms with Crippen molar-refractivity contribution in [3.63, 3.8) is 0 Å². The van der Waals surface area contributed by atoms with Crippen LogP contribution in [0.3, 0.4) is 0 Å².